The van der Waals surface area contributed by atoms with Gasteiger partial charge in [0, 0.05) is 0 Å². The monoisotopic (exact) mass is 273 g/mol. The third-order valence-corrected chi connectivity index (χ3v) is 2.86. The summed E-state index contributed by atoms with van der Waals surface area (Å²) < 4.78 is 1.06. The molecule has 0 radical (unpaired) electrons. The average Bonchev–Trinajstić information content (AvgIpc) is 2.81. The number of rotatable bonds is 4. The number of aromatic amines is 1. The molecule has 2 aromatic rings. The zero-order chi connectivity index (χ0) is 13.3. The quantitative estimate of drug-likeness (QED) is 0.510. The molecular formula is C9H12ClN5O3. The Morgan fingerprint density at radius 3 is 2.89 bits per heavy atom. The van der Waals surface area contributed by atoms with Gasteiger partial charge in [-0.25, -0.2) is 4.98 Å². The first-order valence-corrected chi connectivity index (χ1v) is 5.69. The van der Waals surface area contributed by atoms with Crippen molar-refractivity contribution in [2.24, 2.45) is 0 Å². The molecule has 0 aromatic carbocycles. The molecule has 18 heavy (non-hydrogen) atoms. The molecule has 9 heteroatoms. The van der Waals surface area contributed by atoms with Crippen LogP contribution in [0, 0.1) is 0 Å². The Morgan fingerprint density at radius 2 is 2.22 bits per heavy atom. The number of anilines is 1. The second kappa shape index (κ2) is 4.92. The third-order valence-electron chi connectivity index (χ3n) is 2.55. The van der Waals surface area contributed by atoms with E-state index in [1.807, 2.05) is 0 Å². The van der Waals surface area contributed by atoms with E-state index in [0.717, 1.165) is 4.57 Å². The molecule has 0 fully saturated rings. The highest BCUT2D eigenvalue weighted by Crippen LogP contribution is 2.06. The predicted octanol–water partition coefficient (Wildman–Crippen LogP) is -1.34. The van der Waals surface area contributed by atoms with Crippen molar-refractivity contribution in [3.63, 3.8) is 0 Å². The molecule has 5 N–H and O–H groups in total. The lowest BCUT2D eigenvalue weighted by atomic mass is 10.2. The summed E-state index contributed by atoms with van der Waals surface area (Å²) in [6.45, 7) is -0.194. The van der Waals surface area contributed by atoms with E-state index in [0.29, 0.717) is 0 Å². The number of halogens is 1. The van der Waals surface area contributed by atoms with Gasteiger partial charge in [0.25, 0.3) is 5.56 Å². The Bertz CT molecular complexity index is 610. The van der Waals surface area contributed by atoms with Crippen molar-refractivity contribution in [2.45, 2.75) is 18.8 Å². The largest absolute Gasteiger partial charge is 0.389 e. The van der Waals surface area contributed by atoms with E-state index < -0.39 is 17.8 Å². The zero-order valence-corrected chi connectivity index (χ0v) is 10.0. The van der Waals surface area contributed by atoms with Crippen LogP contribution in [0.4, 0.5) is 5.95 Å². The first-order chi connectivity index (χ1) is 8.54. The van der Waals surface area contributed by atoms with Gasteiger partial charge in [0.1, 0.15) is 0 Å². The van der Waals surface area contributed by atoms with Gasteiger partial charge in [0.2, 0.25) is 5.95 Å². The standard InChI is InChI=1S/C9H12ClN5O3/c10-1-4(16)5(17)2-15-8(18)6-7(13-3-12-6)14-9(15)11/h3-5,16-17H,1-2H2,(H2,11,14)(H,12,13). The summed E-state index contributed by atoms with van der Waals surface area (Å²) in [4.78, 5) is 22.4. The van der Waals surface area contributed by atoms with Crippen LogP contribution >= 0.6 is 11.6 Å². The van der Waals surface area contributed by atoms with Crippen LogP contribution in [0.2, 0.25) is 0 Å². The minimum atomic E-state index is -1.20. The maximum Gasteiger partial charge on any atom is 0.281 e. The van der Waals surface area contributed by atoms with Crippen LogP contribution in [-0.4, -0.2) is 47.8 Å². The van der Waals surface area contributed by atoms with E-state index in [4.69, 9.17) is 17.3 Å². The fourth-order valence-corrected chi connectivity index (χ4v) is 1.73. The molecule has 0 aliphatic rings. The minimum Gasteiger partial charge on any atom is -0.389 e. The number of fused-ring (bicyclic) bond motifs is 1. The predicted molar refractivity (Wildman–Crippen MR) is 65.3 cm³/mol. The van der Waals surface area contributed by atoms with Crippen LogP contribution in [0.1, 0.15) is 0 Å². The van der Waals surface area contributed by atoms with Gasteiger partial charge < -0.3 is 20.9 Å². The second-order valence-corrected chi connectivity index (χ2v) is 4.08. The summed E-state index contributed by atoms with van der Waals surface area (Å²) in [5.74, 6) is -0.226. The van der Waals surface area contributed by atoms with Crippen molar-refractivity contribution in [3.05, 3.63) is 16.7 Å². The SMILES string of the molecule is Nc1nc2nc[nH]c2c(=O)n1CC(O)C(O)CCl. The molecule has 0 saturated carbocycles. The number of hydrogen-bond donors (Lipinski definition) is 4. The van der Waals surface area contributed by atoms with Crippen LogP contribution in [0.25, 0.3) is 11.2 Å². The second-order valence-electron chi connectivity index (χ2n) is 3.78. The molecule has 0 aliphatic heterocycles. The molecule has 0 amide bonds. The molecule has 2 aromatic heterocycles. The van der Waals surface area contributed by atoms with Gasteiger partial charge in [-0.3, -0.25) is 9.36 Å². The Hall–Kier alpha value is -1.64. The molecule has 0 spiro atoms. The summed E-state index contributed by atoms with van der Waals surface area (Å²) in [6.07, 6.45) is -1.02. The molecule has 2 unspecified atom stereocenters. The minimum absolute atomic E-state index is 0.0829. The first-order valence-electron chi connectivity index (χ1n) is 5.16. The number of H-pyrrole nitrogens is 1. The lowest BCUT2D eigenvalue weighted by Crippen LogP contribution is -2.36. The van der Waals surface area contributed by atoms with Gasteiger partial charge in [-0.05, 0) is 0 Å². The van der Waals surface area contributed by atoms with Crippen LogP contribution < -0.4 is 11.3 Å². The summed E-state index contributed by atoms with van der Waals surface area (Å²) in [6, 6.07) is 0. The molecular weight excluding hydrogens is 262 g/mol. The van der Waals surface area contributed by atoms with Crippen molar-refractivity contribution in [3.8, 4) is 0 Å². The van der Waals surface area contributed by atoms with E-state index in [-0.39, 0.29) is 29.5 Å². The normalized spacial score (nSPS) is 14.8. The Kier molecular flexibility index (Phi) is 3.50. The number of nitrogens with two attached hydrogens (primary N) is 1. The van der Waals surface area contributed by atoms with Crippen LogP contribution in [0.5, 0.6) is 0 Å². The number of nitrogen functional groups attached to an aromatic ring is 1. The van der Waals surface area contributed by atoms with Gasteiger partial charge >= 0.3 is 0 Å². The van der Waals surface area contributed by atoms with Crippen LogP contribution in [0.3, 0.4) is 0 Å². The van der Waals surface area contributed by atoms with E-state index in [1.165, 1.54) is 6.33 Å². The Balaban J connectivity index is 2.41. The highest BCUT2D eigenvalue weighted by Gasteiger charge is 2.19. The molecule has 0 saturated heterocycles. The van der Waals surface area contributed by atoms with Crippen molar-refractivity contribution in [1.29, 1.82) is 0 Å². The molecule has 2 heterocycles. The molecule has 2 atom stereocenters. The summed E-state index contributed by atoms with van der Waals surface area (Å²) >= 11 is 5.41. The zero-order valence-electron chi connectivity index (χ0n) is 9.25. The van der Waals surface area contributed by atoms with Crippen molar-refractivity contribution >= 4 is 28.7 Å². The lowest BCUT2D eigenvalue weighted by molar-refractivity contribution is 0.0225. The highest BCUT2D eigenvalue weighted by atomic mass is 35.5. The van der Waals surface area contributed by atoms with Gasteiger partial charge in [-0.2, -0.15) is 4.98 Å². The lowest BCUT2D eigenvalue weighted by Gasteiger charge is -2.17. The number of aliphatic hydroxyl groups excluding tert-OH is 2. The Labute approximate surface area is 106 Å². The van der Waals surface area contributed by atoms with Crippen molar-refractivity contribution in [1.82, 2.24) is 19.5 Å². The van der Waals surface area contributed by atoms with Crippen LogP contribution in [-0.2, 0) is 6.54 Å². The molecule has 0 aliphatic carbocycles. The molecule has 8 nitrogen and oxygen atoms in total. The van der Waals surface area contributed by atoms with Gasteiger partial charge in [-0.15, -0.1) is 11.6 Å². The van der Waals surface area contributed by atoms with E-state index in [9.17, 15) is 15.0 Å². The third kappa shape index (κ3) is 2.17. The molecule has 2 rings (SSSR count). The summed E-state index contributed by atoms with van der Waals surface area (Å²) in [5, 5.41) is 19.0. The average molecular weight is 274 g/mol. The summed E-state index contributed by atoms with van der Waals surface area (Å²) in [7, 11) is 0. The number of aromatic nitrogens is 4. The van der Waals surface area contributed by atoms with Gasteiger partial charge in [0.05, 0.1) is 31.0 Å². The number of hydrogen-bond acceptors (Lipinski definition) is 6. The number of alkyl halides is 1. The first kappa shape index (κ1) is 12.8. The summed E-state index contributed by atoms with van der Waals surface area (Å²) in [5.41, 5.74) is 5.55. The number of aliphatic hydroxyl groups is 2. The van der Waals surface area contributed by atoms with E-state index >= 15 is 0 Å². The van der Waals surface area contributed by atoms with Gasteiger partial charge in [0.15, 0.2) is 11.2 Å². The fraction of sp³-hybridized carbons (Fsp3) is 0.444. The van der Waals surface area contributed by atoms with Crippen molar-refractivity contribution < 1.29 is 10.2 Å². The number of nitrogens with one attached hydrogen (secondary N) is 1. The smallest absolute Gasteiger partial charge is 0.281 e. The maximum absolute atomic E-state index is 12.0. The maximum atomic E-state index is 12.0. The van der Waals surface area contributed by atoms with Gasteiger partial charge in [-0.1, -0.05) is 0 Å². The molecule has 0 bridgehead atoms. The number of imidazole rings is 1. The van der Waals surface area contributed by atoms with E-state index in [2.05, 4.69) is 15.0 Å². The van der Waals surface area contributed by atoms with E-state index in [1.54, 1.807) is 0 Å². The fourth-order valence-electron chi connectivity index (χ4n) is 1.53. The number of nitrogens with zero attached hydrogens (tertiary/aromatic N) is 3. The topological polar surface area (TPSA) is 130 Å². The Morgan fingerprint density at radius 1 is 1.50 bits per heavy atom. The highest BCUT2D eigenvalue weighted by molar-refractivity contribution is 6.18. The van der Waals surface area contributed by atoms with Crippen molar-refractivity contribution in [2.75, 3.05) is 11.6 Å². The van der Waals surface area contributed by atoms with Crippen LogP contribution in [0.15, 0.2) is 11.1 Å². The molecule has 98 valence electrons.